The standard InChI is InChI=1S/C13H17IN2O3/c1-13(2,3)19-11(18)7-16-10-5-4-8(17)6-9(10)12(14)15/h4-6,15-17H,7H2,1-3H3. The number of rotatable bonds is 4. The summed E-state index contributed by atoms with van der Waals surface area (Å²) >= 11 is 1.85. The number of carbonyl (C=O) groups is 1. The van der Waals surface area contributed by atoms with Gasteiger partial charge in [-0.25, -0.2) is 0 Å². The average molecular weight is 376 g/mol. The van der Waals surface area contributed by atoms with E-state index in [0.29, 0.717) is 11.3 Å². The van der Waals surface area contributed by atoms with Crippen LogP contribution in [-0.2, 0) is 9.53 Å². The zero-order valence-corrected chi connectivity index (χ0v) is 13.2. The Morgan fingerprint density at radius 3 is 2.63 bits per heavy atom. The molecule has 0 saturated carbocycles. The molecule has 0 aromatic heterocycles. The van der Waals surface area contributed by atoms with Crippen LogP contribution in [0.15, 0.2) is 18.2 Å². The maximum Gasteiger partial charge on any atom is 0.325 e. The number of hydrogen-bond donors (Lipinski definition) is 3. The van der Waals surface area contributed by atoms with Gasteiger partial charge in [0.05, 0.1) is 0 Å². The molecule has 0 spiro atoms. The molecule has 1 rings (SSSR count). The summed E-state index contributed by atoms with van der Waals surface area (Å²) in [5.74, 6) is -0.286. The van der Waals surface area contributed by atoms with Gasteiger partial charge in [0.2, 0.25) is 0 Å². The summed E-state index contributed by atoms with van der Waals surface area (Å²) in [5, 5.41) is 19.9. The van der Waals surface area contributed by atoms with Crippen molar-refractivity contribution in [2.75, 3.05) is 11.9 Å². The number of phenols is 1. The Bertz CT molecular complexity index is 495. The van der Waals surface area contributed by atoms with E-state index in [0.717, 1.165) is 0 Å². The maximum atomic E-state index is 11.6. The van der Waals surface area contributed by atoms with Crippen molar-refractivity contribution < 1.29 is 14.6 Å². The number of aromatic hydroxyl groups is 1. The van der Waals surface area contributed by atoms with Crippen molar-refractivity contribution in [1.29, 1.82) is 5.41 Å². The van der Waals surface area contributed by atoms with Crippen LogP contribution in [0.4, 0.5) is 5.69 Å². The second-order valence-electron chi connectivity index (χ2n) is 4.98. The predicted molar refractivity (Wildman–Crippen MR) is 83.3 cm³/mol. The van der Waals surface area contributed by atoms with Crippen molar-refractivity contribution in [3.05, 3.63) is 23.8 Å². The quantitative estimate of drug-likeness (QED) is 0.327. The molecule has 19 heavy (non-hydrogen) atoms. The minimum atomic E-state index is -0.521. The summed E-state index contributed by atoms with van der Waals surface area (Å²) < 4.78 is 5.46. The summed E-state index contributed by atoms with van der Waals surface area (Å²) in [4.78, 5) is 11.6. The van der Waals surface area contributed by atoms with Crippen LogP contribution in [0, 0.1) is 5.41 Å². The second kappa shape index (κ2) is 6.23. The number of anilines is 1. The van der Waals surface area contributed by atoms with Gasteiger partial charge in [0.15, 0.2) is 0 Å². The molecule has 1 aromatic carbocycles. The first-order valence-electron chi connectivity index (χ1n) is 5.72. The molecule has 0 aliphatic rings. The summed E-state index contributed by atoms with van der Waals surface area (Å²) in [6, 6.07) is 4.61. The molecule has 0 aliphatic heterocycles. The fourth-order valence-electron chi connectivity index (χ4n) is 1.41. The van der Waals surface area contributed by atoms with Gasteiger partial charge in [-0.2, -0.15) is 0 Å². The van der Waals surface area contributed by atoms with Crippen LogP contribution in [0.5, 0.6) is 5.75 Å². The summed E-state index contributed by atoms with van der Waals surface area (Å²) in [6.45, 7) is 5.42. The minimum absolute atomic E-state index is 0.0129. The Hall–Kier alpha value is -1.31. The number of benzene rings is 1. The molecule has 5 nitrogen and oxygen atoms in total. The van der Waals surface area contributed by atoms with Gasteiger partial charge < -0.3 is 15.2 Å². The molecular weight excluding hydrogens is 359 g/mol. The highest BCUT2D eigenvalue weighted by Crippen LogP contribution is 2.23. The average Bonchev–Trinajstić information content (AvgIpc) is 2.24. The van der Waals surface area contributed by atoms with Crippen LogP contribution < -0.4 is 5.32 Å². The predicted octanol–water partition coefficient (Wildman–Crippen LogP) is 2.91. The van der Waals surface area contributed by atoms with Crippen LogP contribution in [0.25, 0.3) is 0 Å². The maximum absolute atomic E-state index is 11.6. The lowest BCUT2D eigenvalue weighted by Crippen LogP contribution is -2.28. The molecule has 0 radical (unpaired) electrons. The highest BCUT2D eigenvalue weighted by Gasteiger charge is 2.16. The van der Waals surface area contributed by atoms with Crippen LogP contribution in [0.3, 0.4) is 0 Å². The van der Waals surface area contributed by atoms with E-state index in [1.807, 2.05) is 22.6 Å². The first kappa shape index (κ1) is 15.7. The number of hydrogen-bond acceptors (Lipinski definition) is 5. The third kappa shape index (κ3) is 5.46. The van der Waals surface area contributed by atoms with Gasteiger partial charge >= 0.3 is 5.97 Å². The Morgan fingerprint density at radius 1 is 1.47 bits per heavy atom. The van der Waals surface area contributed by atoms with E-state index >= 15 is 0 Å². The molecule has 0 unspecified atom stereocenters. The highest BCUT2D eigenvalue weighted by atomic mass is 127. The molecule has 0 bridgehead atoms. The lowest BCUT2D eigenvalue weighted by Gasteiger charge is -2.20. The van der Waals surface area contributed by atoms with Crippen molar-refractivity contribution in [3.8, 4) is 5.75 Å². The van der Waals surface area contributed by atoms with E-state index < -0.39 is 5.60 Å². The van der Waals surface area contributed by atoms with Gasteiger partial charge in [-0.05, 0) is 61.6 Å². The molecule has 1 aromatic rings. The summed E-state index contributed by atoms with van der Waals surface area (Å²) in [6.07, 6.45) is 0. The lowest BCUT2D eigenvalue weighted by atomic mass is 10.2. The van der Waals surface area contributed by atoms with Crippen molar-refractivity contribution in [3.63, 3.8) is 0 Å². The molecule has 0 heterocycles. The van der Waals surface area contributed by atoms with Crippen molar-refractivity contribution in [1.82, 2.24) is 0 Å². The molecule has 0 fully saturated rings. The number of carbonyl (C=O) groups excluding carboxylic acids is 1. The topological polar surface area (TPSA) is 82.4 Å². The van der Waals surface area contributed by atoms with Gasteiger partial charge in [0.25, 0.3) is 0 Å². The van der Waals surface area contributed by atoms with Gasteiger partial charge in [-0.3, -0.25) is 10.2 Å². The fraction of sp³-hybridized carbons (Fsp3) is 0.385. The van der Waals surface area contributed by atoms with Crippen molar-refractivity contribution in [2.24, 2.45) is 0 Å². The van der Waals surface area contributed by atoms with Crippen LogP contribution in [0.2, 0.25) is 0 Å². The first-order chi connectivity index (χ1) is 8.69. The molecule has 0 atom stereocenters. The third-order valence-corrected chi connectivity index (χ3v) is 2.66. The summed E-state index contributed by atoms with van der Waals surface area (Å²) in [5.41, 5.74) is 0.638. The fourth-order valence-corrected chi connectivity index (χ4v) is 1.86. The van der Waals surface area contributed by atoms with Crippen LogP contribution in [-0.4, -0.2) is 26.9 Å². The van der Waals surface area contributed by atoms with E-state index in [4.69, 9.17) is 10.1 Å². The van der Waals surface area contributed by atoms with Gasteiger partial charge in [0.1, 0.15) is 21.6 Å². The molecular formula is C13H17IN2O3. The van der Waals surface area contributed by atoms with Crippen LogP contribution in [0.1, 0.15) is 26.3 Å². The SMILES string of the molecule is CC(C)(C)OC(=O)CNc1ccc(O)cc1C(=N)I. The Balaban J connectivity index is 2.73. The Kier molecular flexibility index (Phi) is 5.16. The minimum Gasteiger partial charge on any atom is -0.508 e. The molecule has 6 heteroatoms. The molecule has 0 amide bonds. The Labute approximate surface area is 126 Å². The molecule has 3 N–H and O–H groups in total. The monoisotopic (exact) mass is 376 g/mol. The van der Waals surface area contributed by atoms with Gasteiger partial charge in [-0.1, -0.05) is 0 Å². The van der Waals surface area contributed by atoms with E-state index in [2.05, 4.69) is 5.32 Å². The normalized spacial score (nSPS) is 10.9. The highest BCUT2D eigenvalue weighted by molar-refractivity contribution is 14.1. The largest absolute Gasteiger partial charge is 0.508 e. The zero-order valence-electron chi connectivity index (χ0n) is 11.1. The smallest absolute Gasteiger partial charge is 0.325 e. The zero-order chi connectivity index (χ0) is 14.6. The van der Waals surface area contributed by atoms with E-state index in [9.17, 15) is 9.90 Å². The van der Waals surface area contributed by atoms with Gasteiger partial charge in [0, 0.05) is 11.3 Å². The van der Waals surface area contributed by atoms with Crippen LogP contribution >= 0.6 is 22.6 Å². The molecule has 104 valence electrons. The van der Waals surface area contributed by atoms with Crippen molar-refractivity contribution >= 4 is 38.0 Å². The van der Waals surface area contributed by atoms with Gasteiger partial charge in [-0.15, -0.1) is 0 Å². The van der Waals surface area contributed by atoms with E-state index in [1.54, 1.807) is 26.8 Å². The van der Waals surface area contributed by atoms with E-state index in [-0.39, 0.29) is 22.0 Å². The number of phenolic OH excluding ortho intramolecular Hbond substituents is 1. The molecule has 0 saturated heterocycles. The summed E-state index contributed by atoms with van der Waals surface area (Å²) in [7, 11) is 0. The van der Waals surface area contributed by atoms with E-state index in [1.165, 1.54) is 12.1 Å². The lowest BCUT2D eigenvalue weighted by molar-refractivity contribution is -0.152. The molecule has 0 aliphatic carbocycles. The number of halogens is 1. The first-order valence-corrected chi connectivity index (χ1v) is 6.80. The second-order valence-corrected chi connectivity index (χ2v) is 6.06. The number of esters is 1. The number of ether oxygens (including phenoxy) is 1. The Morgan fingerprint density at radius 2 is 2.11 bits per heavy atom. The number of nitrogens with one attached hydrogen (secondary N) is 2. The van der Waals surface area contributed by atoms with Crippen molar-refractivity contribution in [2.45, 2.75) is 26.4 Å². The third-order valence-electron chi connectivity index (χ3n) is 2.08.